The van der Waals surface area contributed by atoms with Crippen LogP contribution in [0.4, 0.5) is 0 Å². The van der Waals surface area contributed by atoms with Crippen molar-refractivity contribution >= 4 is 46.3 Å². The Hall–Kier alpha value is -6.06. The van der Waals surface area contributed by atoms with E-state index in [1.807, 2.05) is 82.9 Å². The van der Waals surface area contributed by atoms with Crippen molar-refractivity contribution in [3.63, 3.8) is 0 Å². The summed E-state index contributed by atoms with van der Waals surface area (Å²) in [4.78, 5) is 75.9. The third kappa shape index (κ3) is 11.9. The summed E-state index contributed by atoms with van der Waals surface area (Å²) in [5, 5.41) is 8.07. The van der Waals surface area contributed by atoms with E-state index in [4.69, 9.17) is 9.97 Å². The van der Waals surface area contributed by atoms with Gasteiger partial charge in [-0.2, -0.15) is 0 Å². The van der Waals surface area contributed by atoms with Crippen LogP contribution < -0.4 is 10.6 Å². The average molecular weight is 1000 g/mol. The lowest BCUT2D eigenvalue weighted by Crippen LogP contribution is -2.43. The molecule has 14 heteroatoms. The molecule has 0 bridgehead atoms. The smallest absolute Gasteiger partial charge is 0.250 e. The molecule has 4 atom stereocenters. The standard InChI is InChI=1S/C58H66N8O4S2/c67-51(29-37-63-31-9-3-10-32-63)61-53(45-15-5-1-6-16-45)57(69)65-35-13-19-47(65)55-59-39-49(71-55)43-25-21-41(22-26-43)42-23-27-44(28-24-42)50-40-60-56(72-50)48-20-14-36-66(48)58(70)54(46-17-7-2-8-18-46)62-52(68)30-38-64-33-11-4-12-34-64/h1-2,5-8,15-18,21-28,39-40,47-48,53-54H,3-4,9-14,19-20,29-38H2,(H,61,67)(H,62,68)/t47-,48-,53-,54+/m0/s1. The van der Waals surface area contributed by atoms with E-state index >= 15 is 0 Å². The number of carbonyl (C=O) groups is 4. The van der Waals surface area contributed by atoms with Crippen molar-refractivity contribution in [2.45, 2.75) is 101 Å². The second-order valence-corrected chi connectivity index (χ2v) is 21.9. The average Bonchev–Trinajstić information content (AvgIpc) is 4.30. The molecule has 6 heterocycles. The Morgan fingerprint density at radius 3 is 1.24 bits per heavy atom. The molecule has 4 aliphatic rings. The van der Waals surface area contributed by atoms with Crippen molar-refractivity contribution in [3.05, 3.63) is 143 Å². The molecule has 72 heavy (non-hydrogen) atoms. The van der Waals surface area contributed by atoms with Crippen molar-refractivity contribution in [3.8, 4) is 32.0 Å². The van der Waals surface area contributed by atoms with Crippen molar-refractivity contribution in [2.24, 2.45) is 0 Å². The van der Waals surface area contributed by atoms with E-state index in [0.717, 1.165) is 105 Å². The Morgan fingerprint density at radius 1 is 0.472 bits per heavy atom. The zero-order chi connectivity index (χ0) is 49.2. The number of hydrogen-bond acceptors (Lipinski definition) is 10. The molecule has 12 nitrogen and oxygen atoms in total. The first kappa shape index (κ1) is 49.5. The van der Waals surface area contributed by atoms with Gasteiger partial charge in [-0.15, -0.1) is 22.7 Å². The number of amides is 4. The van der Waals surface area contributed by atoms with Crippen LogP contribution in [0.2, 0.25) is 0 Å². The molecule has 2 N–H and O–H groups in total. The Kier molecular flexibility index (Phi) is 16.3. The molecular weight excluding hydrogens is 937 g/mol. The van der Waals surface area contributed by atoms with Gasteiger partial charge in [0.25, 0.3) is 0 Å². The van der Waals surface area contributed by atoms with E-state index in [1.54, 1.807) is 22.7 Å². The number of piperidine rings is 2. The molecule has 0 unspecified atom stereocenters. The minimum Gasteiger partial charge on any atom is -0.340 e. The number of hydrogen-bond donors (Lipinski definition) is 2. The van der Waals surface area contributed by atoms with Crippen LogP contribution in [0.15, 0.2) is 122 Å². The highest BCUT2D eigenvalue weighted by atomic mass is 32.1. The molecule has 0 radical (unpaired) electrons. The second-order valence-electron chi connectivity index (χ2n) is 19.8. The lowest BCUT2D eigenvalue weighted by atomic mass is 10.0. The molecule has 10 rings (SSSR count). The Morgan fingerprint density at radius 2 is 0.847 bits per heavy atom. The van der Waals surface area contributed by atoms with E-state index in [2.05, 4.69) is 69.0 Å². The Balaban J connectivity index is 0.767. The van der Waals surface area contributed by atoms with Gasteiger partial charge in [-0.1, -0.05) is 122 Å². The maximum atomic E-state index is 14.4. The molecule has 6 aromatic rings. The third-order valence-corrected chi connectivity index (χ3v) is 17.2. The highest BCUT2D eigenvalue weighted by Gasteiger charge is 2.39. The fourth-order valence-electron chi connectivity index (χ4n) is 10.9. The number of nitrogens with one attached hydrogen (secondary N) is 2. The number of carbonyl (C=O) groups excluding carboxylic acids is 4. The van der Waals surface area contributed by atoms with Crippen LogP contribution in [0.1, 0.15) is 122 Å². The predicted molar refractivity (Wildman–Crippen MR) is 286 cm³/mol. The molecular formula is C58H66N8O4S2. The molecule has 2 aromatic heterocycles. The summed E-state index contributed by atoms with van der Waals surface area (Å²) in [5.41, 5.74) is 5.93. The van der Waals surface area contributed by atoms with Gasteiger partial charge in [0.05, 0.1) is 21.8 Å². The highest BCUT2D eigenvalue weighted by molar-refractivity contribution is 7.15. The first-order valence-electron chi connectivity index (χ1n) is 26.2. The molecule has 0 saturated carbocycles. The third-order valence-electron chi connectivity index (χ3n) is 14.9. The van der Waals surface area contributed by atoms with E-state index in [1.165, 1.54) is 38.5 Å². The molecule has 0 aliphatic carbocycles. The van der Waals surface area contributed by atoms with Crippen LogP contribution >= 0.6 is 22.7 Å². The largest absolute Gasteiger partial charge is 0.340 e. The van der Waals surface area contributed by atoms with Crippen LogP contribution in [0.5, 0.6) is 0 Å². The van der Waals surface area contributed by atoms with Crippen LogP contribution in [-0.4, -0.2) is 106 Å². The molecule has 4 saturated heterocycles. The fraction of sp³-hybridized carbons (Fsp3) is 0.414. The number of benzene rings is 4. The van der Waals surface area contributed by atoms with E-state index in [9.17, 15) is 19.2 Å². The zero-order valence-electron chi connectivity index (χ0n) is 41.1. The summed E-state index contributed by atoms with van der Waals surface area (Å²) in [7, 11) is 0. The summed E-state index contributed by atoms with van der Waals surface area (Å²) < 4.78 is 0. The lowest BCUT2D eigenvalue weighted by Gasteiger charge is -2.29. The Bertz CT molecular complexity index is 2560. The summed E-state index contributed by atoms with van der Waals surface area (Å²) in [5.74, 6) is -0.361. The molecule has 4 amide bonds. The predicted octanol–water partition coefficient (Wildman–Crippen LogP) is 10.4. The van der Waals surface area contributed by atoms with Crippen molar-refractivity contribution in [2.75, 3.05) is 52.4 Å². The molecule has 4 aliphatic heterocycles. The lowest BCUT2D eigenvalue weighted by molar-refractivity contribution is -0.137. The molecule has 0 spiro atoms. The second kappa shape index (κ2) is 23.7. The van der Waals surface area contributed by atoms with Gasteiger partial charge in [-0.3, -0.25) is 19.2 Å². The van der Waals surface area contributed by atoms with Gasteiger partial charge >= 0.3 is 0 Å². The van der Waals surface area contributed by atoms with Crippen LogP contribution in [0.25, 0.3) is 32.0 Å². The van der Waals surface area contributed by atoms with Gasteiger partial charge in [0.15, 0.2) is 0 Å². The van der Waals surface area contributed by atoms with Gasteiger partial charge in [-0.05, 0) is 111 Å². The van der Waals surface area contributed by atoms with E-state index in [0.29, 0.717) is 39.0 Å². The molecule has 4 fully saturated rings. The quantitative estimate of drug-likeness (QED) is 0.0924. The first-order valence-corrected chi connectivity index (χ1v) is 27.8. The van der Waals surface area contributed by atoms with Crippen molar-refractivity contribution in [1.29, 1.82) is 0 Å². The molecule has 4 aromatic carbocycles. The summed E-state index contributed by atoms with van der Waals surface area (Å²) in [6, 6.07) is 34.6. The minimum absolute atomic E-state index is 0.0841. The Labute approximate surface area is 431 Å². The maximum absolute atomic E-state index is 14.4. The van der Waals surface area contributed by atoms with Crippen molar-refractivity contribution in [1.82, 2.24) is 40.2 Å². The number of thiazole rings is 2. The van der Waals surface area contributed by atoms with E-state index in [-0.39, 0.29) is 35.7 Å². The van der Waals surface area contributed by atoms with Crippen LogP contribution in [0.3, 0.4) is 0 Å². The van der Waals surface area contributed by atoms with Gasteiger partial charge in [0.2, 0.25) is 23.6 Å². The number of aromatic nitrogens is 2. The minimum atomic E-state index is -0.749. The van der Waals surface area contributed by atoms with Crippen molar-refractivity contribution < 1.29 is 19.2 Å². The topological polar surface area (TPSA) is 131 Å². The number of nitrogens with zero attached hydrogens (tertiary/aromatic N) is 6. The monoisotopic (exact) mass is 1000 g/mol. The number of likely N-dealkylation sites (tertiary alicyclic amines) is 4. The van der Waals surface area contributed by atoms with Crippen LogP contribution in [0, 0.1) is 0 Å². The van der Waals surface area contributed by atoms with Gasteiger partial charge in [-0.25, -0.2) is 9.97 Å². The number of rotatable bonds is 17. The van der Waals surface area contributed by atoms with Gasteiger partial charge < -0.3 is 30.2 Å². The summed E-state index contributed by atoms with van der Waals surface area (Å²) in [6.45, 7) is 6.80. The SMILES string of the molecule is O=C(CCN1CCCCC1)N[C@H](C(=O)N1CCC[C@H]1c1ncc(-c2ccc(-c3ccc(-c4cnc([C@@H]5CCCN5C(=O)[C@H](NC(=O)CCN5CCCCC5)c5ccccc5)s4)cc3)cc2)s1)c1ccccc1. The van der Waals surface area contributed by atoms with Gasteiger partial charge in [0, 0.05) is 51.4 Å². The fourth-order valence-corrected chi connectivity index (χ4v) is 13.1. The summed E-state index contributed by atoms with van der Waals surface area (Å²) >= 11 is 3.26. The zero-order valence-corrected chi connectivity index (χ0v) is 42.8. The normalized spacial score (nSPS) is 19.5. The van der Waals surface area contributed by atoms with E-state index < -0.39 is 12.1 Å². The van der Waals surface area contributed by atoms with Crippen LogP contribution in [-0.2, 0) is 19.2 Å². The van der Waals surface area contributed by atoms with Gasteiger partial charge in [0.1, 0.15) is 22.1 Å². The summed E-state index contributed by atoms with van der Waals surface area (Å²) in [6.07, 6.45) is 15.2. The molecule has 374 valence electrons. The maximum Gasteiger partial charge on any atom is 0.250 e. The highest BCUT2D eigenvalue weighted by Crippen LogP contribution is 2.41. The first-order chi connectivity index (χ1) is 35.3.